The molecule has 2 rings (SSSR count). The molecule has 0 unspecified atom stereocenters. The van der Waals surface area contributed by atoms with E-state index in [1.165, 1.54) is 0 Å². The Morgan fingerprint density at radius 2 is 1.69 bits per heavy atom. The first-order chi connectivity index (χ1) is 7.62. The van der Waals surface area contributed by atoms with Crippen molar-refractivity contribution in [3.05, 3.63) is 35.9 Å². The number of benzene rings is 1. The highest BCUT2D eigenvalue weighted by Crippen LogP contribution is 2.47. The lowest BCUT2D eigenvalue weighted by atomic mass is 9.73. The first kappa shape index (κ1) is 11.5. The van der Waals surface area contributed by atoms with Crippen LogP contribution in [0.2, 0.25) is 0 Å². The smallest absolute Gasteiger partial charge is 0.270 e. The van der Waals surface area contributed by atoms with Gasteiger partial charge in [-0.15, -0.1) is 0 Å². The first-order valence-electron chi connectivity index (χ1n) is 5.75. The Morgan fingerprint density at radius 3 is 2.25 bits per heavy atom. The zero-order valence-electron chi connectivity index (χ0n) is 9.47. The van der Waals surface area contributed by atoms with Gasteiger partial charge in [0, 0.05) is 6.42 Å². The number of hydrogen-bond donors (Lipinski definition) is 1. The van der Waals surface area contributed by atoms with Crippen LogP contribution in [0.1, 0.15) is 31.2 Å². The molecule has 0 aliphatic heterocycles. The fourth-order valence-corrected chi connectivity index (χ4v) is 2.66. The number of nitrogens with one attached hydrogen (secondary N) is 1. The van der Waals surface area contributed by atoms with Crippen molar-refractivity contribution in [1.82, 2.24) is 5.32 Å². The minimum atomic E-state index is -2.67. The van der Waals surface area contributed by atoms with Gasteiger partial charge in [0.15, 0.2) is 0 Å². The Labute approximate surface area is 94.9 Å². The number of halogens is 2. The van der Waals surface area contributed by atoms with E-state index in [4.69, 9.17) is 0 Å². The van der Waals surface area contributed by atoms with Crippen molar-refractivity contribution in [2.24, 2.45) is 0 Å². The van der Waals surface area contributed by atoms with E-state index in [0.717, 1.165) is 6.42 Å². The van der Waals surface area contributed by atoms with Crippen LogP contribution in [0.25, 0.3) is 0 Å². The molecule has 1 fully saturated rings. The van der Waals surface area contributed by atoms with Crippen LogP contribution in [0, 0.1) is 0 Å². The lowest BCUT2D eigenvalue weighted by molar-refractivity contribution is -0.119. The Balaban J connectivity index is 2.45. The molecule has 1 aliphatic rings. The maximum Gasteiger partial charge on any atom is 0.270 e. The van der Waals surface area contributed by atoms with Crippen LogP contribution in [0.4, 0.5) is 8.78 Å². The Hall–Kier alpha value is -0.960. The van der Waals surface area contributed by atoms with Gasteiger partial charge in [-0.2, -0.15) is 0 Å². The predicted octanol–water partition coefficient (Wildman–Crippen LogP) is 3.31. The number of alkyl halides is 2. The second-order valence-electron chi connectivity index (χ2n) is 4.43. The Kier molecular flexibility index (Phi) is 2.98. The van der Waals surface area contributed by atoms with Gasteiger partial charge in [0.05, 0.1) is 0 Å². The van der Waals surface area contributed by atoms with E-state index >= 15 is 0 Å². The summed E-state index contributed by atoms with van der Waals surface area (Å²) < 4.78 is 28.3. The zero-order valence-corrected chi connectivity index (χ0v) is 9.47. The first-order valence-corrected chi connectivity index (χ1v) is 5.75. The summed E-state index contributed by atoms with van der Waals surface area (Å²) in [7, 11) is 1.63. The molecule has 0 radical (unpaired) electrons. The van der Waals surface area contributed by atoms with E-state index in [1.807, 2.05) is 18.2 Å². The standard InChI is InChI=1S/C13H17F2N/c1-16-12(11-7-3-2-4-8-11)9-5-6-10-13(12,14)15/h2-4,7-8,16H,5-6,9-10H2,1H3/t12-/m0/s1. The van der Waals surface area contributed by atoms with Gasteiger partial charge in [-0.3, -0.25) is 0 Å². The molecule has 88 valence electrons. The number of rotatable bonds is 2. The maximum absolute atomic E-state index is 14.1. The summed E-state index contributed by atoms with van der Waals surface area (Å²) in [5.74, 6) is -2.67. The van der Waals surface area contributed by atoms with Gasteiger partial charge >= 0.3 is 0 Å². The van der Waals surface area contributed by atoms with Crippen LogP contribution in [-0.4, -0.2) is 13.0 Å². The monoisotopic (exact) mass is 225 g/mol. The lowest BCUT2D eigenvalue weighted by Gasteiger charge is -2.44. The highest BCUT2D eigenvalue weighted by molar-refractivity contribution is 5.28. The molecule has 0 saturated heterocycles. The van der Waals surface area contributed by atoms with E-state index in [-0.39, 0.29) is 6.42 Å². The predicted molar refractivity (Wildman–Crippen MR) is 60.6 cm³/mol. The molecule has 1 aliphatic carbocycles. The van der Waals surface area contributed by atoms with Crippen molar-refractivity contribution in [3.63, 3.8) is 0 Å². The molecule has 3 heteroatoms. The summed E-state index contributed by atoms with van der Waals surface area (Å²) in [6.07, 6.45) is 1.94. The molecule has 1 N–H and O–H groups in total. The van der Waals surface area contributed by atoms with Gasteiger partial charge in [0.2, 0.25) is 0 Å². The van der Waals surface area contributed by atoms with Crippen molar-refractivity contribution in [2.75, 3.05) is 7.05 Å². The van der Waals surface area contributed by atoms with Gasteiger partial charge in [-0.25, -0.2) is 8.78 Å². The van der Waals surface area contributed by atoms with Crippen molar-refractivity contribution >= 4 is 0 Å². The molecule has 1 aromatic rings. The van der Waals surface area contributed by atoms with Gasteiger partial charge in [-0.1, -0.05) is 36.8 Å². The van der Waals surface area contributed by atoms with Gasteiger partial charge in [0.25, 0.3) is 5.92 Å². The van der Waals surface area contributed by atoms with Crippen molar-refractivity contribution in [1.29, 1.82) is 0 Å². The zero-order chi connectivity index (χ0) is 11.6. The van der Waals surface area contributed by atoms with Crippen molar-refractivity contribution in [2.45, 2.75) is 37.1 Å². The average molecular weight is 225 g/mol. The highest BCUT2D eigenvalue weighted by Gasteiger charge is 2.54. The fourth-order valence-electron chi connectivity index (χ4n) is 2.66. The lowest BCUT2D eigenvalue weighted by Crippen LogP contribution is -2.56. The van der Waals surface area contributed by atoms with Crippen molar-refractivity contribution in [3.8, 4) is 0 Å². The topological polar surface area (TPSA) is 12.0 Å². The third kappa shape index (κ3) is 1.63. The third-order valence-corrected chi connectivity index (χ3v) is 3.61. The minimum absolute atomic E-state index is 0.0251. The number of hydrogen-bond acceptors (Lipinski definition) is 1. The van der Waals surface area contributed by atoms with Crippen LogP contribution in [-0.2, 0) is 5.54 Å². The molecular weight excluding hydrogens is 208 g/mol. The minimum Gasteiger partial charge on any atom is -0.306 e. The third-order valence-electron chi connectivity index (χ3n) is 3.61. The summed E-state index contributed by atoms with van der Waals surface area (Å²) in [6, 6.07) is 9.07. The molecule has 16 heavy (non-hydrogen) atoms. The van der Waals surface area contributed by atoms with Crippen LogP contribution in [0.3, 0.4) is 0 Å². The van der Waals surface area contributed by atoms with Crippen LogP contribution < -0.4 is 5.32 Å². The quantitative estimate of drug-likeness (QED) is 0.814. The van der Waals surface area contributed by atoms with Gasteiger partial charge in [0.1, 0.15) is 5.54 Å². The second kappa shape index (κ2) is 4.13. The molecule has 1 saturated carbocycles. The van der Waals surface area contributed by atoms with Crippen molar-refractivity contribution < 1.29 is 8.78 Å². The molecule has 0 aromatic heterocycles. The normalized spacial score (nSPS) is 28.9. The maximum atomic E-state index is 14.1. The highest BCUT2D eigenvalue weighted by atomic mass is 19.3. The molecule has 0 bridgehead atoms. The summed E-state index contributed by atoms with van der Waals surface area (Å²) in [6.45, 7) is 0. The average Bonchev–Trinajstić information content (AvgIpc) is 2.30. The van der Waals surface area contributed by atoms with Gasteiger partial charge < -0.3 is 5.32 Å². The van der Waals surface area contributed by atoms with E-state index in [9.17, 15) is 8.78 Å². The molecule has 0 amide bonds. The molecule has 1 nitrogen and oxygen atoms in total. The van der Waals surface area contributed by atoms with Crippen LogP contribution >= 0.6 is 0 Å². The summed E-state index contributed by atoms with van der Waals surface area (Å²) >= 11 is 0. The summed E-state index contributed by atoms with van der Waals surface area (Å²) in [4.78, 5) is 0. The Morgan fingerprint density at radius 1 is 1.06 bits per heavy atom. The second-order valence-corrected chi connectivity index (χ2v) is 4.43. The summed E-state index contributed by atoms with van der Waals surface area (Å²) in [5, 5.41) is 2.87. The largest absolute Gasteiger partial charge is 0.306 e. The van der Waals surface area contributed by atoms with Crippen LogP contribution in [0.15, 0.2) is 30.3 Å². The summed E-state index contributed by atoms with van der Waals surface area (Å²) in [5.41, 5.74) is -0.478. The Bertz CT molecular complexity index is 350. The fraction of sp³-hybridized carbons (Fsp3) is 0.538. The molecule has 1 atom stereocenters. The van der Waals surface area contributed by atoms with E-state index in [2.05, 4.69) is 5.32 Å². The molecule has 1 aromatic carbocycles. The SMILES string of the molecule is CN[C@]1(c2ccccc2)CCCCC1(F)F. The van der Waals surface area contributed by atoms with Crippen LogP contribution in [0.5, 0.6) is 0 Å². The molecular formula is C13H17F2N. The van der Waals surface area contributed by atoms with E-state index < -0.39 is 11.5 Å². The molecule has 0 spiro atoms. The van der Waals surface area contributed by atoms with Gasteiger partial charge in [-0.05, 0) is 25.5 Å². The molecule has 0 heterocycles. The van der Waals surface area contributed by atoms with E-state index in [1.54, 1.807) is 19.2 Å². The van der Waals surface area contributed by atoms with E-state index in [0.29, 0.717) is 18.4 Å².